The largest absolute Gasteiger partial charge is 0.412 e. The van der Waals surface area contributed by atoms with Crippen LogP contribution in [0.1, 0.15) is 62.1 Å². The number of Topliss-reactive ketones (excluding diaryl/α,β-unsaturated/α-hetero) is 2. The van der Waals surface area contributed by atoms with E-state index in [4.69, 9.17) is 10.7 Å². The second kappa shape index (κ2) is 6.24. The predicted octanol–water partition coefficient (Wildman–Crippen LogP) is 3.35. The quantitative estimate of drug-likeness (QED) is 0.673. The first kappa shape index (κ1) is 16.8. The van der Waals surface area contributed by atoms with Gasteiger partial charge in [-0.1, -0.05) is 13.8 Å². The predicted molar refractivity (Wildman–Crippen MR) is 95.2 cm³/mol. The van der Waals surface area contributed by atoms with Gasteiger partial charge in [-0.05, 0) is 79.2 Å². The van der Waals surface area contributed by atoms with Crippen molar-refractivity contribution in [2.75, 3.05) is 0 Å². The second-order valence-electron chi connectivity index (χ2n) is 7.94. The summed E-state index contributed by atoms with van der Waals surface area (Å²) in [6, 6.07) is 3.79. The van der Waals surface area contributed by atoms with Crippen LogP contribution in [0.3, 0.4) is 0 Å². The van der Waals surface area contributed by atoms with Gasteiger partial charge in [0.15, 0.2) is 11.6 Å². The highest BCUT2D eigenvalue weighted by molar-refractivity contribution is 6.16. The molecule has 0 spiro atoms. The van der Waals surface area contributed by atoms with Crippen molar-refractivity contribution in [1.82, 2.24) is 0 Å². The van der Waals surface area contributed by atoms with E-state index in [2.05, 4.69) is 13.8 Å². The van der Waals surface area contributed by atoms with E-state index in [-0.39, 0.29) is 23.4 Å². The highest BCUT2D eigenvalue weighted by Crippen LogP contribution is 2.56. The number of fused-ring (bicyclic) bond motifs is 2. The van der Waals surface area contributed by atoms with Crippen molar-refractivity contribution in [2.45, 2.75) is 58.3 Å². The fraction of sp³-hybridized carbons (Fsp3) is 0.619. The van der Waals surface area contributed by atoms with Crippen molar-refractivity contribution in [3.63, 3.8) is 0 Å². The molecule has 134 valence electrons. The smallest absolute Gasteiger partial charge is 0.151 e. The van der Waals surface area contributed by atoms with Crippen LogP contribution in [0, 0.1) is 23.7 Å². The van der Waals surface area contributed by atoms with Crippen LogP contribution in [0.15, 0.2) is 12.1 Å². The van der Waals surface area contributed by atoms with Crippen LogP contribution in [0.5, 0.6) is 5.75 Å². The Morgan fingerprint density at radius 3 is 1.72 bits per heavy atom. The fourth-order valence-corrected chi connectivity index (χ4v) is 5.85. The van der Waals surface area contributed by atoms with Crippen LogP contribution in [-0.2, 0) is 22.4 Å². The van der Waals surface area contributed by atoms with E-state index in [1.54, 1.807) is 0 Å². The highest BCUT2D eigenvalue weighted by atomic mass is 16.6. The topological polar surface area (TPSA) is 69.4 Å². The molecule has 4 nitrogen and oxygen atoms in total. The van der Waals surface area contributed by atoms with Crippen molar-refractivity contribution in [3.05, 3.63) is 28.8 Å². The average molecular weight is 341 g/mol. The first-order valence-electron chi connectivity index (χ1n) is 9.70. The van der Waals surface area contributed by atoms with E-state index in [1.807, 2.05) is 12.1 Å². The third-order valence-corrected chi connectivity index (χ3v) is 6.96. The molecule has 4 fully saturated rings. The fourth-order valence-electron chi connectivity index (χ4n) is 5.85. The Bertz CT molecular complexity index is 663. The number of ketones is 2. The van der Waals surface area contributed by atoms with Gasteiger partial charge in [-0.3, -0.25) is 9.59 Å². The maximum absolute atomic E-state index is 13.4. The van der Waals surface area contributed by atoms with Gasteiger partial charge in [0.25, 0.3) is 0 Å². The molecule has 4 heteroatoms. The Balaban J connectivity index is 1.82. The lowest BCUT2D eigenvalue weighted by molar-refractivity contribution is -0.129. The van der Waals surface area contributed by atoms with E-state index >= 15 is 0 Å². The number of carbonyl (C=O) groups excluding carboxylic acids is 2. The summed E-state index contributed by atoms with van der Waals surface area (Å²) < 4.78 is 0. The molecule has 0 aliphatic heterocycles. The average Bonchev–Trinajstić information content (AvgIpc) is 2.94. The number of aryl methyl sites for hydroxylation is 2. The SMILES string of the molecule is CCc1cc(ON)cc(CC)c1C1C(=O)C2C3CCC(CC3)C2C1=O. The number of hydrogen-bond acceptors (Lipinski definition) is 4. The van der Waals surface area contributed by atoms with Crippen LogP contribution >= 0.6 is 0 Å². The summed E-state index contributed by atoms with van der Waals surface area (Å²) in [6.45, 7) is 4.11. The van der Waals surface area contributed by atoms with Crippen LogP contribution in [0.25, 0.3) is 0 Å². The molecule has 25 heavy (non-hydrogen) atoms. The van der Waals surface area contributed by atoms with Crippen LogP contribution in [-0.4, -0.2) is 11.6 Å². The number of hydrogen-bond donors (Lipinski definition) is 1. The molecule has 0 aromatic heterocycles. The summed E-state index contributed by atoms with van der Waals surface area (Å²) in [5, 5.41) is 0. The zero-order valence-corrected chi connectivity index (χ0v) is 15.1. The van der Waals surface area contributed by atoms with Crippen molar-refractivity contribution >= 4 is 11.6 Å². The molecule has 2 unspecified atom stereocenters. The van der Waals surface area contributed by atoms with E-state index in [0.29, 0.717) is 17.6 Å². The molecule has 5 rings (SSSR count). The summed E-state index contributed by atoms with van der Waals surface area (Å²) in [7, 11) is 0. The minimum atomic E-state index is -0.562. The van der Waals surface area contributed by atoms with Crippen molar-refractivity contribution in [2.24, 2.45) is 29.6 Å². The lowest BCUT2D eigenvalue weighted by Crippen LogP contribution is -2.41. The molecular formula is C21H27NO3. The lowest BCUT2D eigenvalue weighted by atomic mass is 9.59. The van der Waals surface area contributed by atoms with Crippen molar-refractivity contribution in [3.8, 4) is 5.75 Å². The second-order valence-corrected chi connectivity index (χ2v) is 7.94. The van der Waals surface area contributed by atoms with Gasteiger partial charge >= 0.3 is 0 Å². The summed E-state index contributed by atoms with van der Waals surface area (Å²) in [6.07, 6.45) is 6.02. The van der Waals surface area contributed by atoms with Gasteiger partial charge in [-0.15, -0.1) is 0 Å². The third kappa shape index (κ3) is 2.37. The minimum Gasteiger partial charge on any atom is -0.412 e. The summed E-state index contributed by atoms with van der Waals surface area (Å²) in [5.41, 5.74) is 3.00. The molecule has 2 atom stereocenters. The summed E-state index contributed by atoms with van der Waals surface area (Å²) in [4.78, 5) is 31.6. The van der Waals surface area contributed by atoms with Gasteiger partial charge in [-0.25, -0.2) is 0 Å². The van der Waals surface area contributed by atoms with Crippen molar-refractivity contribution in [1.29, 1.82) is 0 Å². The lowest BCUT2D eigenvalue weighted by Gasteiger charge is -2.43. The van der Waals surface area contributed by atoms with Crippen LogP contribution in [0.2, 0.25) is 0 Å². The Morgan fingerprint density at radius 1 is 0.920 bits per heavy atom. The molecule has 0 heterocycles. The number of benzene rings is 1. The molecule has 0 radical (unpaired) electrons. The monoisotopic (exact) mass is 341 g/mol. The Morgan fingerprint density at radius 2 is 1.36 bits per heavy atom. The molecule has 2 N–H and O–H groups in total. The van der Waals surface area contributed by atoms with Gasteiger partial charge in [0.1, 0.15) is 11.7 Å². The first-order valence-corrected chi connectivity index (χ1v) is 9.70. The Labute approximate surface area is 149 Å². The number of rotatable bonds is 4. The van der Waals surface area contributed by atoms with E-state index in [0.717, 1.165) is 55.2 Å². The molecule has 2 bridgehead atoms. The molecule has 1 aromatic rings. The van der Waals surface area contributed by atoms with Crippen LogP contribution < -0.4 is 10.7 Å². The molecule has 0 saturated heterocycles. The Hall–Kier alpha value is -1.68. The summed E-state index contributed by atoms with van der Waals surface area (Å²) in [5.74, 6) is 6.60. The Kier molecular flexibility index (Phi) is 4.19. The third-order valence-electron chi connectivity index (χ3n) is 6.96. The molecule has 4 saturated carbocycles. The zero-order valence-electron chi connectivity index (χ0n) is 15.1. The van der Waals surface area contributed by atoms with Gasteiger partial charge < -0.3 is 4.84 Å². The normalized spacial score (nSPS) is 33.6. The number of nitrogens with two attached hydrogens (primary N) is 1. The first-order chi connectivity index (χ1) is 12.1. The number of carbonyl (C=O) groups is 2. The maximum atomic E-state index is 13.4. The minimum absolute atomic E-state index is 0.0233. The summed E-state index contributed by atoms with van der Waals surface area (Å²) >= 11 is 0. The van der Waals surface area contributed by atoms with E-state index in [9.17, 15) is 9.59 Å². The highest BCUT2D eigenvalue weighted by Gasteiger charge is 2.59. The maximum Gasteiger partial charge on any atom is 0.151 e. The zero-order chi connectivity index (χ0) is 17.7. The molecule has 4 aliphatic carbocycles. The molecule has 1 aromatic carbocycles. The van der Waals surface area contributed by atoms with Crippen molar-refractivity contribution < 1.29 is 14.4 Å². The van der Waals surface area contributed by atoms with E-state index in [1.165, 1.54) is 0 Å². The van der Waals surface area contributed by atoms with Gasteiger partial charge in [-0.2, -0.15) is 5.90 Å². The van der Waals surface area contributed by atoms with Gasteiger partial charge in [0.05, 0.1) is 0 Å². The van der Waals surface area contributed by atoms with E-state index < -0.39 is 5.92 Å². The molecule has 0 amide bonds. The van der Waals surface area contributed by atoms with Crippen LogP contribution in [0.4, 0.5) is 0 Å². The van der Waals surface area contributed by atoms with Gasteiger partial charge in [0.2, 0.25) is 0 Å². The standard InChI is InChI=1S/C21H27NO3/c1-3-11-9-15(25-22)10-12(4-2)16(11)19-20(23)17-13-5-6-14(8-7-13)18(17)21(19)24/h9-10,13-14,17-19H,3-8,22H2,1-2H3. The van der Waals surface area contributed by atoms with Gasteiger partial charge in [0, 0.05) is 11.8 Å². The molecular weight excluding hydrogens is 314 g/mol. The molecule has 4 aliphatic rings.